The van der Waals surface area contributed by atoms with Gasteiger partial charge in [0, 0.05) is 16.6 Å². The van der Waals surface area contributed by atoms with Crippen molar-refractivity contribution in [3.63, 3.8) is 0 Å². The number of anilines is 1. The number of sulfonamides is 1. The third-order valence-corrected chi connectivity index (χ3v) is 4.66. The first kappa shape index (κ1) is 17.4. The van der Waals surface area contributed by atoms with E-state index in [-0.39, 0.29) is 21.2 Å². The number of carbonyl (C=O) groups is 1. The van der Waals surface area contributed by atoms with E-state index < -0.39 is 27.6 Å². The molecule has 0 aliphatic rings. The fraction of sp³-hybridized carbons (Fsp3) is 0.0714. The van der Waals surface area contributed by atoms with Gasteiger partial charge in [-0.05, 0) is 30.3 Å². The normalized spacial score (nSPS) is 11.3. The predicted octanol–water partition coefficient (Wildman–Crippen LogP) is 2.34. The molecule has 122 valence electrons. The average Bonchev–Trinajstić information content (AvgIpc) is 2.45. The summed E-state index contributed by atoms with van der Waals surface area (Å²) in [6.45, 7) is 0. The summed E-state index contributed by atoms with van der Waals surface area (Å²) >= 11 is 0.896. The number of hydrogen-bond acceptors (Lipinski definition) is 4. The second-order valence-electron chi connectivity index (χ2n) is 4.48. The second kappa shape index (κ2) is 7.07. The highest BCUT2D eigenvalue weighted by Crippen LogP contribution is 2.22. The number of benzene rings is 2. The highest BCUT2D eigenvalue weighted by molar-refractivity contribution is 8.00. The summed E-state index contributed by atoms with van der Waals surface area (Å²) < 4.78 is 48.7. The van der Waals surface area contributed by atoms with E-state index in [0.29, 0.717) is 0 Å². The molecular formula is C14H12F2N2O3S2. The van der Waals surface area contributed by atoms with Crippen molar-refractivity contribution in [2.45, 2.75) is 9.79 Å². The first-order chi connectivity index (χ1) is 10.8. The Morgan fingerprint density at radius 1 is 1.17 bits per heavy atom. The third-order valence-electron chi connectivity index (χ3n) is 2.70. The Kier molecular flexibility index (Phi) is 5.34. The highest BCUT2D eigenvalue weighted by Gasteiger charge is 2.11. The number of halogens is 2. The number of hydrogen-bond donors (Lipinski definition) is 2. The lowest BCUT2D eigenvalue weighted by Gasteiger charge is -2.07. The van der Waals surface area contributed by atoms with Crippen LogP contribution in [0.3, 0.4) is 0 Å². The van der Waals surface area contributed by atoms with Crippen molar-refractivity contribution in [3.8, 4) is 0 Å². The maximum absolute atomic E-state index is 13.4. The minimum absolute atomic E-state index is 0.123. The maximum atomic E-state index is 13.4. The molecule has 9 heteroatoms. The van der Waals surface area contributed by atoms with E-state index in [1.165, 1.54) is 30.3 Å². The fourth-order valence-electron chi connectivity index (χ4n) is 1.68. The van der Waals surface area contributed by atoms with E-state index >= 15 is 0 Å². The van der Waals surface area contributed by atoms with E-state index in [9.17, 15) is 22.0 Å². The van der Waals surface area contributed by atoms with Crippen LogP contribution in [-0.4, -0.2) is 20.1 Å². The molecule has 0 aliphatic carbocycles. The Hall–Kier alpha value is -1.97. The minimum atomic E-state index is -3.87. The summed E-state index contributed by atoms with van der Waals surface area (Å²) in [6.07, 6.45) is 0. The van der Waals surface area contributed by atoms with E-state index in [1.807, 2.05) is 0 Å². The van der Waals surface area contributed by atoms with Crippen LogP contribution >= 0.6 is 11.8 Å². The predicted molar refractivity (Wildman–Crippen MR) is 83.5 cm³/mol. The highest BCUT2D eigenvalue weighted by atomic mass is 32.2. The van der Waals surface area contributed by atoms with Gasteiger partial charge in [0.25, 0.3) is 0 Å². The number of rotatable bonds is 5. The van der Waals surface area contributed by atoms with Gasteiger partial charge in [-0.15, -0.1) is 11.8 Å². The van der Waals surface area contributed by atoms with Crippen molar-refractivity contribution in [3.05, 3.63) is 54.1 Å². The molecule has 23 heavy (non-hydrogen) atoms. The Morgan fingerprint density at radius 3 is 2.57 bits per heavy atom. The molecule has 2 rings (SSSR count). The van der Waals surface area contributed by atoms with Gasteiger partial charge in [0.1, 0.15) is 11.6 Å². The van der Waals surface area contributed by atoms with Crippen molar-refractivity contribution in [1.29, 1.82) is 0 Å². The lowest BCUT2D eigenvalue weighted by atomic mass is 10.3. The van der Waals surface area contributed by atoms with Crippen LogP contribution in [0.1, 0.15) is 0 Å². The van der Waals surface area contributed by atoms with Crippen molar-refractivity contribution >= 4 is 33.4 Å². The zero-order valence-corrected chi connectivity index (χ0v) is 13.3. The molecule has 0 aromatic heterocycles. The van der Waals surface area contributed by atoms with Gasteiger partial charge in [0.05, 0.1) is 10.6 Å². The Labute approximate surface area is 135 Å². The molecule has 2 aromatic carbocycles. The standard InChI is InChI=1S/C14H12F2N2O3S2/c15-9-4-5-13(12(16)6-9)22-8-14(19)18-10-2-1-3-11(7-10)23(17,20)21/h1-7H,8H2,(H,18,19)(H2,17,20,21). The summed E-state index contributed by atoms with van der Waals surface area (Å²) in [6, 6.07) is 8.51. The van der Waals surface area contributed by atoms with Gasteiger partial charge in [-0.25, -0.2) is 22.3 Å². The van der Waals surface area contributed by atoms with Gasteiger partial charge in [0.2, 0.25) is 15.9 Å². The van der Waals surface area contributed by atoms with Gasteiger partial charge in [-0.1, -0.05) is 6.07 Å². The molecule has 0 saturated carbocycles. The van der Waals surface area contributed by atoms with Gasteiger partial charge in [-0.3, -0.25) is 4.79 Å². The van der Waals surface area contributed by atoms with Gasteiger partial charge < -0.3 is 5.32 Å². The molecule has 3 N–H and O–H groups in total. The van der Waals surface area contributed by atoms with Crippen LogP contribution in [0.2, 0.25) is 0 Å². The monoisotopic (exact) mass is 358 g/mol. The van der Waals surface area contributed by atoms with Crippen LogP contribution in [0.25, 0.3) is 0 Å². The molecule has 1 amide bonds. The van der Waals surface area contributed by atoms with E-state index in [1.54, 1.807) is 0 Å². The molecule has 0 spiro atoms. The Morgan fingerprint density at radius 2 is 1.91 bits per heavy atom. The van der Waals surface area contributed by atoms with Crippen molar-refractivity contribution in [1.82, 2.24) is 0 Å². The molecule has 0 fully saturated rings. The Balaban J connectivity index is 2.00. The summed E-state index contributed by atoms with van der Waals surface area (Å²) in [5, 5.41) is 7.48. The second-order valence-corrected chi connectivity index (χ2v) is 7.06. The molecule has 2 aromatic rings. The van der Waals surface area contributed by atoms with Gasteiger partial charge >= 0.3 is 0 Å². The first-order valence-corrected chi connectivity index (χ1v) is 8.79. The van der Waals surface area contributed by atoms with Gasteiger partial charge in [0.15, 0.2) is 0 Å². The van der Waals surface area contributed by atoms with Crippen LogP contribution in [0.5, 0.6) is 0 Å². The number of carbonyl (C=O) groups excluding carboxylic acids is 1. The summed E-state index contributed by atoms with van der Waals surface area (Å²) in [5.74, 6) is -2.04. The average molecular weight is 358 g/mol. The van der Waals surface area contributed by atoms with Crippen molar-refractivity contribution in [2.24, 2.45) is 5.14 Å². The summed E-state index contributed by atoms with van der Waals surface area (Å²) in [7, 11) is -3.87. The number of primary sulfonamides is 1. The number of nitrogens with two attached hydrogens (primary N) is 1. The van der Waals surface area contributed by atoms with E-state index in [4.69, 9.17) is 5.14 Å². The minimum Gasteiger partial charge on any atom is -0.325 e. The molecule has 0 atom stereocenters. The van der Waals surface area contributed by atoms with Crippen LogP contribution in [0.15, 0.2) is 52.3 Å². The maximum Gasteiger partial charge on any atom is 0.238 e. The molecule has 0 aliphatic heterocycles. The molecular weight excluding hydrogens is 346 g/mol. The lowest BCUT2D eigenvalue weighted by molar-refractivity contribution is -0.113. The zero-order valence-electron chi connectivity index (χ0n) is 11.6. The molecule has 0 bridgehead atoms. The largest absolute Gasteiger partial charge is 0.325 e. The molecule has 5 nitrogen and oxygen atoms in total. The van der Waals surface area contributed by atoms with Crippen LogP contribution < -0.4 is 10.5 Å². The van der Waals surface area contributed by atoms with Crippen molar-refractivity contribution < 1.29 is 22.0 Å². The Bertz CT molecular complexity index is 842. The van der Waals surface area contributed by atoms with Crippen LogP contribution in [0, 0.1) is 11.6 Å². The summed E-state index contributed by atoms with van der Waals surface area (Å²) in [4.78, 5) is 11.8. The SMILES string of the molecule is NS(=O)(=O)c1cccc(NC(=O)CSc2ccc(F)cc2F)c1. The van der Waals surface area contributed by atoms with E-state index in [2.05, 4.69) is 5.32 Å². The van der Waals surface area contributed by atoms with Crippen LogP contribution in [0.4, 0.5) is 14.5 Å². The van der Waals surface area contributed by atoms with Gasteiger partial charge in [-0.2, -0.15) is 0 Å². The topological polar surface area (TPSA) is 89.3 Å². The first-order valence-electron chi connectivity index (χ1n) is 6.26. The zero-order chi connectivity index (χ0) is 17.0. The van der Waals surface area contributed by atoms with E-state index in [0.717, 1.165) is 23.9 Å². The molecule has 0 unspecified atom stereocenters. The lowest BCUT2D eigenvalue weighted by Crippen LogP contribution is -2.16. The van der Waals surface area contributed by atoms with Crippen molar-refractivity contribution in [2.75, 3.05) is 11.1 Å². The molecule has 0 heterocycles. The van der Waals surface area contributed by atoms with Crippen LogP contribution in [-0.2, 0) is 14.8 Å². The smallest absolute Gasteiger partial charge is 0.238 e. The fourth-order valence-corrected chi connectivity index (χ4v) is 2.96. The molecule has 0 saturated heterocycles. The number of thioether (sulfide) groups is 1. The number of nitrogens with one attached hydrogen (secondary N) is 1. The summed E-state index contributed by atoms with van der Waals surface area (Å²) in [5.41, 5.74) is 0.252. The number of amides is 1. The molecule has 0 radical (unpaired) electrons. The quantitative estimate of drug-likeness (QED) is 0.803. The third kappa shape index (κ3) is 5.02.